The maximum atomic E-state index is 12.2. The van der Waals surface area contributed by atoms with Gasteiger partial charge < -0.3 is 10.1 Å². The number of ether oxygens (including phenoxy) is 1. The highest BCUT2D eigenvalue weighted by atomic mass is 16.5. The summed E-state index contributed by atoms with van der Waals surface area (Å²) in [6.45, 7) is 6.79. The van der Waals surface area contributed by atoms with E-state index in [1.54, 1.807) is 7.11 Å². The van der Waals surface area contributed by atoms with Crippen molar-refractivity contribution < 1.29 is 9.53 Å². The van der Waals surface area contributed by atoms with E-state index in [-0.39, 0.29) is 11.9 Å². The summed E-state index contributed by atoms with van der Waals surface area (Å²) in [4.78, 5) is 14.5. The van der Waals surface area contributed by atoms with E-state index in [4.69, 9.17) is 4.74 Å². The van der Waals surface area contributed by atoms with Gasteiger partial charge in [-0.05, 0) is 38.3 Å². The van der Waals surface area contributed by atoms with E-state index in [0.29, 0.717) is 12.5 Å². The number of benzene rings is 1. The van der Waals surface area contributed by atoms with E-state index in [9.17, 15) is 4.79 Å². The van der Waals surface area contributed by atoms with Gasteiger partial charge in [-0.3, -0.25) is 9.69 Å². The minimum Gasteiger partial charge on any atom is -0.496 e. The summed E-state index contributed by atoms with van der Waals surface area (Å²) in [7, 11) is 1.66. The minimum atomic E-state index is -0.0455. The molecule has 2 atom stereocenters. The van der Waals surface area contributed by atoms with Crippen molar-refractivity contribution in [3.63, 3.8) is 0 Å². The second-order valence-corrected chi connectivity index (χ2v) is 6.01. The number of rotatable bonds is 5. The van der Waals surface area contributed by atoms with Crippen LogP contribution in [0.3, 0.4) is 0 Å². The van der Waals surface area contributed by atoms with E-state index in [1.165, 1.54) is 12.8 Å². The molecule has 0 bridgehead atoms. The molecule has 2 unspecified atom stereocenters. The van der Waals surface area contributed by atoms with Crippen LogP contribution in [0.4, 0.5) is 0 Å². The van der Waals surface area contributed by atoms with E-state index >= 15 is 0 Å². The second kappa shape index (κ2) is 7.46. The van der Waals surface area contributed by atoms with Crippen molar-refractivity contribution in [2.75, 3.05) is 26.7 Å². The van der Waals surface area contributed by atoms with Crippen molar-refractivity contribution in [1.82, 2.24) is 10.2 Å². The summed E-state index contributed by atoms with van der Waals surface area (Å²) in [6.07, 6.45) is 2.46. The van der Waals surface area contributed by atoms with Crippen molar-refractivity contribution in [2.45, 2.75) is 32.7 Å². The molecule has 0 saturated carbocycles. The van der Waals surface area contributed by atoms with Gasteiger partial charge >= 0.3 is 0 Å². The average molecular weight is 290 g/mol. The fourth-order valence-corrected chi connectivity index (χ4v) is 3.02. The molecule has 1 N–H and O–H groups in total. The number of carbonyl (C=O) groups excluding carboxylic acids is 1. The molecule has 1 fully saturated rings. The molecule has 4 nitrogen and oxygen atoms in total. The van der Waals surface area contributed by atoms with Gasteiger partial charge in [0, 0.05) is 12.1 Å². The largest absolute Gasteiger partial charge is 0.496 e. The van der Waals surface area contributed by atoms with Crippen LogP contribution in [0, 0.1) is 5.92 Å². The van der Waals surface area contributed by atoms with Gasteiger partial charge in [-0.1, -0.05) is 25.1 Å². The Morgan fingerprint density at radius 1 is 1.48 bits per heavy atom. The van der Waals surface area contributed by atoms with Crippen molar-refractivity contribution in [1.29, 1.82) is 0 Å². The van der Waals surface area contributed by atoms with E-state index in [1.807, 2.05) is 31.2 Å². The first kappa shape index (κ1) is 15.8. The van der Waals surface area contributed by atoms with Gasteiger partial charge in [-0.2, -0.15) is 0 Å². The lowest BCUT2D eigenvalue weighted by Crippen LogP contribution is -2.42. The molecule has 0 aromatic heterocycles. The highest BCUT2D eigenvalue weighted by molar-refractivity contribution is 5.78. The first-order valence-corrected chi connectivity index (χ1v) is 7.74. The monoisotopic (exact) mass is 290 g/mol. The lowest BCUT2D eigenvalue weighted by molar-refractivity contribution is -0.123. The zero-order valence-electron chi connectivity index (χ0n) is 13.3. The van der Waals surface area contributed by atoms with Crippen LogP contribution in [0.5, 0.6) is 5.75 Å². The quantitative estimate of drug-likeness (QED) is 0.906. The Morgan fingerprint density at radius 2 is 2.24 bits per heavy atom. The minimum absolute atomic E-state index is 0.0455. The van der Waals surface area contributed by atoms with Crippen molar-refractivity contribution >= 4 is 5.91 Å². The number of likely N-dealkylation sites (tertiary alicyclic amines) is 1. The molecule has 4 heteroatoms. The molecule has 1 heterocycles. The van der Waals surface area contributed by atoms with Gasteiger partial charge in [0.2, 0.25) is 5.91 Å². The molecular weight excluding hydrogens is 264 g/mol. The smallest absolute Gasteiger partial charge is 0.234 e. The standard InChI is InChI=1S/C17H26N2O2/c1-13-7-6-10-19(11-13)12-17(20)18-14(2)15-8-4-5-9-16(15)21-3/h4-5,8-9,13-14H,6-7,10-12H2,1-3H3,(H,18,20). The maximum absolute atomic E-state index is 12.2. The molecule has 21 heavy (non-hydrogen) atoms. The van der Waals surface area contributed by atoms with Crippen molar-refractivity contribution in [3.05, 3.63) is 29.8 Å². The predicted molar refractivity (Wildman–Crippen MR) is 84.4 cm³/mol. The Kier molecular flexibility index (Phi) is 5.62. The van der Waals surface area contributed by atoms with Gasteiger partial charge in [-0.25, -0.2) is 0 Å². The van der Waals surface area contributed by atoms with E-state index in [0.717, 1.165) is 24.4 Å². The number of hydrogen-bond donors (Lipinski definition) is 1. The van der Waals surface area contributed by atoms with Crippen LogP contribution in [0.25, 0.3) is 0 Å². The number of nitrogens with one attached hydrogen (secondary N) is 1. The Balaban J connectivity index is 1.89. The lowest BCUT2D eigenvalue weighted by Gasteiger charge is -2.30. The molecule has 1 aromatic carbocycles. The van der Waals surface area contributed by atoms with Gasteiger partial charge in [0.15, 0.2) is 0 Å². The molecule has 0 aliphatic carbocycles. The molecular formula is C17H26N2O2. The zero-order chi connectivity index (χ0) is 15.2. The summed E-state index contributed by atoms with van der Waals surface area (Å²) < 4.78 is 5.35. The number of carbonyl (C=O) groups is 1. The highest BCUT2D eigenvalue weighted by Crippen LogP contribution is 2.24. The van der Waals surface area contributed by atoms with E-state index in [2.05, 4.69) is 17.1 Å². The van der Waals surface area contributed by atoms with Crippen LogP contribution in [0.1, 0.15) is 38.3 Å². The molecule has 0 spiro atoms. The molecule has 1 aliphatic heterocycles. The SMILES string of the molecule is COc1ccccc1C(C)NC(=O)CN1CCCC(C)C1. The van der Waals surface area contributed by atoms with E-state index < -0.39 is 0 Å². The molecule has 1 aliphatic rings. The van der Waals surface area contributed by atoms with Gasteiger partial charge in [0.1, 0.15) is 5.75 Å². The molecule has 1 aromatic rings. The summed E-state index contributed by atoms with van der Waals surface area (Å²) in [5, 5.41) is 3.07. The van der Waals surface area contributed by atoms with Crippen molar-refractivity contribution in [3.8, 4) is 5.75 Å². The fourth-order valence-electron chi connectivity index (χ4n) is 3.02. The topological polar surface area (TPSA) is 41.6 Å². The zero-order valence-corrected chi connectivity index (χ0v) is 13.3. The van der Waals surface area contributed by atoms with Crippen LogP contribution < -0.4 is 10.1 Å². The maximum Gasteiger partial charge on any atom is 0.234 e. The third-order valence-electron chi connectivity index (χ3n) is 4.09. The molecule has 1 saturated heterocycles. The average Bonchev–Trinajstić information content (AvgIpc) is 2.47. The Morgan fingerprint density at radius 3 is 2.95 bits per heavy atom. The number of methoxy groups -OCH3 is 1. The Hall–Kier alpha value is -1.55. The van der Waals surface area contributed by atoms with Crippen LogP contribution >= 0.6 is 0 Å². The third-order valence-corrected chi connectivity index (χ3v) is 4.09. The normalized spacial score (nSPS) is 20.8. The lowest BCUT2D eigenvalue weighted by atomic mass is 10.0. The number of hydrogen-bond acceptors (Lipinski definition) is 3. The van der Waals surface area contributed by atoms with Gasteiger partial charge in [0.05, 0.1) is 19.7 Å². The summed E-state index contributed by atoms with van der Waals surface area (Å²) in [6, 6.07) is 7.77. The van der Waals surface area contributed by atoms with Crippen LogP contribution in [0.2, 0.25) is 0 Å². The van der Waals surface area contributed by atoms with Crippen LogP contribution in [-0.4, -0.2) is 37.6 Å². The van der Waals surface area contributed by atoms with Crippen LogP contribution in [-0.2, 0) is 4.79 Å². The Labute approximate surface area is 127 Å². The first-order chi connectivity index (χ1) is 10.1. The molecule has 2 rings (SSSR count). The van der Waals surface area contributed by atoms with Crippen molar-refractivity contribution in [2.24, 2.45) is 5.92 Å². The Bertz CT molecular complexity index is 476. The fraction of sp³-hybridized carbons (Fsp3) is 0.588. The van der Waals surface area contributed by atoms with Crippen LogP contribution in [0.15, 0.2) is 24.3 Å². The third kappa shape index (κ3) is 4.46. The number of nitrogens with zero attached hydrogens (tertiary/aromatic N) is 1. The number of amides is 1. The highest BCUT2D eigenvalue weighted by Gasteiger charge is 2.20. The predicted octanol–water partition coefficient (Wildman–Crippen LogP) is 2.60. The van der Waals surface area contributed by atoms with Gasteiger partial charge in [0.25, 0.3) is 0 Å². The van der Waals surface area contributed by atoms with Gasteiger partial charge in [-0.15, -0.1) is 0 Å². The number of piperidine rings is 1. The summed E-state index contributed by atoms with van der Waals surface area (Å²) >= 11 is 0. The number of para-hydroxylation sites is 1. The molecule has 1 amide bonds. The first-order valence-electron chi connectivity index (χ1n) is 7.74. The second-order valence-electron chi connectivity index (χ2n) is 6.01. The summed E-state index contributed by atoms with van der Waals surface area (Å²) in [5.41, 5.74) is 1.01. The summed E-state index contributed by atoms with van der Waals surface area (Å²) in [5.74, 6) is 1.59. The molecule has 0 radical (unpaired) electrons. The molecule has 116 valence electrons.